The van der Waals surface area contributed by atoms with Gasteiger partial charge in [0.05, 0.1) is 24.3 Å². The van der Waals surface area contributed by atoms with Crippen LogP contribution in [0.25, 0.3) is 0 Å². The van der Waals surface area contributed by atoms with Gasteiger partial charge in [0, 0.05) is 10.6 Å². The number of amides is 2. The molecular weight excluding hydrogens is 444 g/mol. The van der Waals surface area contributed by atoms with Crippen LogP contribution in [-0.4, -0.2) is 31.2 Å². The number of rotatable bonds is 10. The summed E-state index contributed by atoms with van der Waals surface area (Å²) in [7, 11) is 0. The maximum Gasteiger partial charge on any atom is 0.565 e. The summed E-state index contributed by atoms with van der Waals surface area (Å²) >= 11 is 0. The Hall–Kier alpha value is -4.15. The molecule has 2 rings (SSSR count). The van der Waals surface area contributed by atoms with Crippen molar-refractivity contribution in [3.05, 3.63) is 59.7 Å². The van der Waals surface area contributed by atoms with Crippen LogP contribution in [0.2, 0.25) is 0 Å². The third-order valence-electron chi connectivity index (χ3n) is 3.87. The van der Waals surface area contributed by atoms with Crippen LogP contribution in [0.4, 0.5) is 4.79 Å². The first-order valence-corrected chi connectivity index (χ1v) is 10.5. The van der Waals surface area contributed by atoms with Crippen LogP contribution in [0.1, 0.15) is 48.4 Å². The van der Waals surface area contributed by atoms with Crippen LogP contribution >= 0.6 is 0 Å². The van der Waals surface area contributed by atoms with Gasteiger partial charge in [0.2, 0.25) is 0 Å². The van der Waals surface area contributed by atoms with Gasteiger partial charge in [-0.25, -0.2) is 0 Å². The van der Waals surface area contributed by atoms with Crippen molar-refractivity contribution in [1.29, 1.82) is 0 Å². The third kappa shape index (κ3) is 8.77. The average Bonchev–Trinajstić information content (AvgIpc) is 2.81. The molecule has 0 spiro atoms. The monoisotopic (exact) mass is 470 g/mol. The minimum absolute atomic E-state index is 0.146. The van der Waals surface area contributed by atoms with Gasteiger partial charge in [-0.1, -0.05) is 62.2 Å². The van der Waals surface area contributed by atoms with E-state index in [2.05, 4.69) is 30.5 Å². The molecule has 0 aromatic heterocycles. The molecule has 0 aliphatic carbocycles. The smallest absolute Gasteiger partial charge is 0.492 e. The fourth-order valence-electron chi connectivity index (χ4n) is 2.36. The molecular formula is C23H26N4O7. The molecule has 0 heterocycles. The lowest BCUT2D eigenvalue weighted by Gasteiger charge is -2.10. The normalized spacial score (nSPS) is 11.2. The Kier molecular flexibility index (Phi) is 10.3. The lowest BCUT2D eigenvalue weighted by molar-refractivity contribution is 0.0450. The Morgan fingerprint density at radius 3 is 1.44 bits per heavy atom. The van der Waals surface area contributed by atoms with E-state index in [-0.39, 0.29) is 23.0 Å². The van der Waals surface area contributed by atoms with E-state index < -0.39 is 18.0 Å². The van der Waals surface area contributed by atoms with E-state index in [1.165, 1.54) is 12.1 Å². The molecule has 34 heavy (non-hydrogen) atoms. The van der Waals surface area contributed by atoms with E-state index in [9.17, 15) is 14.4 Å². The molecule has 0 N–H and O–H groups in total. The molecule has 11 nitrogen and oxygen atoms in total. The summed E-state index contributed by atoms with van der Waals surface area (Å²) in [6, 6.07) is 12.9. The van der Waals surface area contributed by atoms with Crippen LogP contribution in [-0.2, 0) is 9.68 Å². The molecule has 0 saturated heterocycles. The third-order valence-corrected chi connectivity index (χ3v) is 3.87. The van der Waals surface area contributed by atoms with E-state index in [1.807, 2.05) is 27.7 Å². The molecule has 0 fully saturated rings. The Morgan fingerprint density at radius 1 is 0.676 bits per heavy atom. The van der Waals surface area contributed by atoms with Crippen LogP contribution in [0.5, 0.6) is 11.5 Å². The highest BCUT2D eigenvalue weighted by molar-refractivity contribution is 5.97. The van der Waals surface area contributed by atoms with Crippen molar-refractivity contribution in [3.8, 4) is 11.5 Å². The molecule has 11 heteroatoms. The van der Waals surface area contributed by atoms with Gasteiger partial charge in [0.25, 0.3) is 0 Å². The second-order valence-corrected chi connectivity index (χ2v) is 7.81. The van der Waals surface area contributed by atoms with Crippen molar-refractivity contribution >= 4 is 18.0 Å². The zero-order chi connectivity index (χ0) is 24.9. The molecule has 0 aliphatic heterocycles. The fraction of sp³-hybridized carbons (Fsp3) is 0.348. The average molecular weight is 470 g/mol. The first-order valence-electron chi connectivity index (χ1n) is 10.5. The van der Waals surface area contributed by atoms with Gasteiger partial charge < -0.3 is 9.47 Å². The summed E-state index contributed by atoms with van der Waals surface area (Å²) < 4.78 is 11.1. The number of benzene rings is 2. The SMILES string of the molecule is CC(C)COc1ccccc1C(=O)N=NOC(=O)ON=NC(=O)c1ccccc1OCC(C)C. The van der Waals surface area contributed by atoms with Crippen molar-refractivity contribution < 1.29 is 33.5 Å². The van der Waals surface area contributed by atoms with Gasteiger partial charge in [0.15, 0.2) is 0 Å². The van der Waals surface area contributed by atoms with Gasteiger partial charge in [-0.05, 0) is 36.1 Å². The molecule has 0 bridgehead atoms. The lowest BCUT2D eigenvalue weighted by Crippen LogP contribution is -2.08. The largest absolute Gasteiger partial charge is 0.565 e. The maximum absolute atomic E-state index is 12.2. The summed E-state index contributed by atoms with van der Waals surface area (Å²) in [5.41, 5.74) is 0.292. The predicted octanol–water partition coefficient (Wildman–Crippen LogP) is 5.62. The molecule has 2 aromatic carbocycles. The van der Waals surface area contributed by atoms with Gasteiger partial charge in [0.1, 0.15) is 11.5 Å². The number of nitrogens with zero attached hydrogens (tertiary/aromatic N) is 4. The Bertz CT molecular complexity index is 970. The topological polar surface area (TPSA) is 138 Å². The molecule has 2 amide bonds. The summed E-state index contributed by atoms with van der Waals surface area (Å²) in [6.07, 6.45) is -1.44. The maximum atomic E-state index is 12.2. The van der Waals surface area contributed by atoms with Crippen LogP contribution < -0.4 is 9.47 Å². The zero-order valence-electron chi connectivity index (χ0n) is 19.3. The van der Waals surface area contributed by atoms with Crippen molar-refractivity contribution in [1.82, 2.24) is 0 Å². The summed E-state index contributed by atoms with van der Waals surface area (Å²) in [5.74, 6) is -0.417. The predicted molar refractivity (Wildman–Crippen MR) is 119 cm³/mol. The van der Waals surface area contributed by atoms with Crippen molar-refractivity contribution in [2.24, 2.45) is 32.6 Å². The summed E-state index contributed by atoms with van der Waals surface area (Å²) in [5, 5.41) is 12.6. The molecule has 180 valence electrons. The first-order chi connectivity index (χ1) is 16.3. The van der Waals surface area contributed by atoms with Gasteiger partial charge in [-0.3, -0.25) is 19.3 Å². The van der Waals surface area contributed by atoms with E-state index in [0.29, 0.717) is 24.7 Å². The molecule has 0 saturated carbocycles. The highest BCUT2D eigenvalue weighted by Crippen LogP contribution is 2.21. The van der Waals surface area contributed by atoms with E-state index in [4.69, 9.17) is 9.47 Å². The molecule has 0 unspecified atom stereocenters. The minimum atomic E-state index is -1.44. The van der Waals surface area contributed by atoms with Crippen molar-refractivity contribution in [3.63, 3.8) is 0 Å². The van der Waals surface area contributed by atoms with E-state index in [1.54, 1.807) is 36.4 Å². The Morgan fingerprint density at radius 2 is 1.06 bits per heavy atom. The second kappa shape index (κ2) is 13.4. The number of carbonyl (C=O) groups excluding carboxylic acids is 3. The number of carbonyl (C=O) groups is 3. The van der Waals surface area contributed by atoms with Crippen molar-refractivity contribution in [2.75, 3.05) is 13.2 Å². The summed E-state index contributed by atoms with van der Waals surface area (Å²) in [6.45, 7) is 8.67. The van der Waals surface area contributed by atoms with Crippen LogP contribution in [0.15, 0.2) is 69.3 Å². The molecule has 0 radical (unpaired) electrons. The summed E-state index contributed by atoms with van der Waals surface area (Å²) in [4.78, 5) is 44.5. The quantitative estimate of drug-likeness (QED) is 0.324. The standard InChI is InChI=1S/C23H26N4O7/c1-15(2)13-31-19-11-7-5-9-17(19)21(28)24-26-33-23(30)34-27-25-22(29)18-10-6-8-12-20(18)32-14-16(3)4/h5-12,15-16H,13-14H2,1-4H3. The Labute approximate surface area is 196 Å². The highest BCUT2D eigenvalue weighted by atomic mass is 16.9. The lowest BCUT2D eigenvalue weighted by atomic mass is 10.2. The van der Waals surface area contributed by atoms with Crippen LogP contribution in [0, 0.1) is 11.8 Å². The van der Waals surface area contributed by atoms with Gasteiger partial charge in [-0.2, -0.15) is 4.79 Å². The minimum Gasteiger partial charge on any atom is -0.492 e. The van der Waals surface area contributed by atoms with Crippen LogP contribution in [0.3, 0.4) is 0 Å². The van der Waals surface area contributed by atoms with E-state index in [0.717, 1.165) is 0 Å². The Balaban J connectivity index is 1.88. The second-order valence-electron chi connectivity index (χ2n) is 7.81. The first kappa shape index (κ1) is 26.1. The number of hydrogen-bond donors (Lipinski definition) is 0. The molecule has 0 aliphatic rings. The number of hydrogen-bond acceptors (Lipinski definition) is 9. The fourth-order valence-corrected chi connectivity index (χ4v) is 2.36. The van der Waals surface area contributed by atoms with Gasteiger partial charge in [-0.15, -0.1) is 0 Å². The molecule has 2 aromatic rings. The van der Waals surface area contributed by atoms with Crippen molar-refractivity contribution in [2.45, 2.75) is 27.7 Å². The molecule has 0 atom stereocenters. The van der Waals surface area contributed by atoms with Gasteiger partial charge >= 0.3 is 18.0 Å². The van der Waals surface area contributed by atoms with E-state index >= 15 is 0 Å². The number of ether oxygens (including phenoxy) is 2. The zero-order valence-corrected chi connectivity index (χ0v) is 19.3. The highest BCUT2D eigenvalue weighted by Gasteiger charge is 2.14. The number of para-hydroxylation sites is 2.